The lowest BCUT2D eigenvalue weighted by Gasteiger charge is -2.13. The number of sulfonamides is 1. The average Bonchev–Trinajstić information content (AvgIpc) is 2.37. The van der Waals surface area contributed by atoms with E-state index in [4.69, 9.17) is 9.88 Å². The molecule has 0 saturated carbocycles. The smallest absolute Gasteiger partial charge is 0.238 e. The number of pyridine rings is 1. The van der Waals surface area contributed by atoms with Gasteiger partial charge in [0.05, 0.1) is 12.0 Å². The largest absolute Gasteiger partial charge is 0.481 e. The average molecular weight is 278 g/mol. The molecule has 0 bridgehead atoms. The van der Waals surface area contributed by atoms with E-state index in [1.54, 1.807) is 30.5 Å². The summed E-state index contributed by atoms with van der Waals surface area (Å²) in [6, 6.07) is 8.32. The summed E-state index contributed by atoms with van der Waals surface area (Å²) < 4.78 is 28.5. The second-order valence-corrected chi connectivity index (χ2v) is 5.58. The minimum atomic E-state index is -3.81. The highest BCUT2D eigenvalue weighted by atomic mass is 32.2. The molecule has 19 heavy (non-hydrogen) atoms. The molecule has 0 saturated heterocycles. The second-order valence-electron chi connectivity index (χ2n) is 4.05. The number of hydrogen-bond acceptors (Lipinski definition) is 4. The van der Waals surface area contributed by atoms with Crippen molar-refractivity contribution in [2.75, 3.05) is 7.11 Å². The Morgan fingerprint density at radius 3 is 2.53 bits per heavy atom. The number of aryl methyl sites for hydroxylation is 1. The molecule has 0 amide bonds. The van der Waals surface area contributed by atoms with Gasteiger partial charge >= 0.3 is 0 Å². The van der Waals surface area contributed by atoms with Crippen molar-refractivity contribution in [1.29, 1.82) is 0 Å². The number of nitrogens with two attached hydrogens (primary N) is 1. The van der Waals surface area contributed by atoms with Crippen LogP contribution < -0.4 is 9.88 Å². The Balaban J connectivity index is 2.81. The Hall–Kier alpha value is -1.92. The van der Waals surface area contributed by atoms with E-state index in [1.807, 2.05) is 6.92 Å². The van der Waals surface area contributed by atoms with Gasteiger partial charge in [0.1, 0.15) is 0 Å². The van der Waals surface area contributed by atoms with E-state index in [0.717, 1.165) is 5.56 Å². The van der Waals surface area contributed by atoms with Gasteiger partial charge in [-0.05, 0) is 24.6 Å². The predicted octanol–water partition coefficient (Wildman–Crippen LogP) is 1.71. The molecule has 2 N–H and O–H groups in total. The van der Waals surface area contributed by atoms with Crippen molar-refractivity contribution in [3.05, 3.63) is 42.1 Å². The van der Waals surface area contributed by atoms with Crippen molar-refractivity contribution >= 4 is 10.0 Å². The Bertz CT molecular complexity index is 712. The summed E-state index contributed by atoms with van der Waals surface area (Å²) in [6.45, 7) is 1.86. The molecule has 1 heterocycles. The van der Waals surface area contributed by atoms with Gasteiger partial charge in [0.25, 0.3) is 0 Å². The summed E-state index contributed by atoms with van der Waals surface area (Å²) in [7, 11) is -2.32. The Labute approximate surface area is 112 Å². The number of primary sulfonamides is 1. The van der Waals surface area contributed by atoms with Gasteiger partial charge in [-0.3, -0.25) is 0 Å². The molecular formula is C13H14N2O3S. The van der Waals surface area contributed by atoms with Gasteiger partial charge < -0.3 is 4.74 Å². The fourth-order valence-corrected chi connectivity index (χ4v) is 2.68. The van der Waals surface area contributed by atoms with Gasteiger partial charge in [0.15, 0.2) is 0 Å². The zero-order chi connectivity index (χ0) is 14.0. The fraction of sp³-hybridized carbons (Fsp3) is 0.154. The molecule has 5 nitrogen and oxygen atoms in total. The van der Waals surface area contributed by atoms with Gasteiger partial charge in [-0.25, -0.2) is 18.5 Å². The van der Waals surface area contributed by atoms with Crippen LogP contribution in [0, 0.1) is 6.92 Å². The topological polar surface area (TPSA) is 82.3 Å². The summed E-state index contributed by atoms with van der Waals surface area (Å²) in [5.41, 5.74) is 1.99. The number of aromatic nitrogens is 1. The van der Waals surface area contributed by atoms with E-state index in [-0.39, 0.29) is 4.90 Å². The summed E-state index contributed by atoms with van der Waals surface area (Å²) in [5, 5.41) is 5.25. The molecule has 1 aromatic carbocycles. The quantitative estimate of drug-likeness (QED) is 0.926. The molecule has 2 rings (SSSR count). The lowest BCUT2D eigenvalue weighted by atomic mass is 10.0. The molecule has 0 fully saturated rings. The molecule has 0 atom stereocenters. The number of hydrogen-bond donors (Lipinski definition) is 1. The lowest BCUT2D eigenvalue weighted by Crippen LogP contribution is -2.13. The van der Waals surface area contributed by atoms with Crippen LogP contribution in [0.4, 0.5) is 0 Å². The minimum absolute atomic E-state index is 0.0596. The van der Waals surface area contributed by atoms with Crippen molar-refractivity contribution < 1.29 is 13.2 Å². The van der Waals surface area contributed by atoms with E-state index in [0.29, 0.717) is 17.0 Å². The zero-order valence-corrected chi connectivity index (χ0v) is 11.4. The van der Waals surface area contributed by atoms with Gasteiger partial charge in [-0.2, -0.15) is 0 Å². The van der Waals surface area contributed by atoms with Crippen LogP contribution >= 0.6 is 0 Å². The van der Waals surface area contributed by atoms with Crippen LogP contribution in [0.15, 0.2) is 41.4 Å². The normalized spacial score (nSPS) is 11.3. The zero-order valence-electron chi connectivity index (χ0n) is 10.6. The molecular weight excluding hydrogens is 264 g/mol. The number of nitrogens with zero attached hydrogens (tertiary/aromatic N) is 1. The molecule has 1 aromatic heterocycles. The van der Waals surface area contributed by atoms with Crippen LogP contribution in [0.3, 0.4) is 0 Å². The maximum absolute atomic E-state index is 11.7. The van der Waals surface area contributed by atoms with E-state index in [9.17, 15) is 8.42 Å². The van der Waals surface area contributed by atoms with Crippen LogP contribution in [0.1, 0.15) is 5.56 Å². The first-order chi connectivity index (χ1) is 8.95. The van der Waals surface area contributed by atoms with Crippen LogP contribution in [0.2, 0.25) is 0 Å². The van der Waals surface area contributed by atoms with Crippen molar-refractivity contribution in [2.24, 2.45) is 5.14 Å². The Morgan fingerprint density at radius 2 is 1.89 bits per heavy atom. The third-order valence-electron chi connectivity index (χ3n) is 2.78. The third-order valence-corrected chi connectivity index (χ3v) is 3.75. The Morgan fingerprint density at radius 1 is 1.21 bits per heavy atom. The molecule has 0 spiro atoms. The minimum Gasteiger partial charge on any atom is -0.481 e. The summed E-state index contributed by atoms with van der Waals surface area (Å²) in [6.07, 6.45) is 1.61. The van der Waals surface area contributed by atoms with Crippen LogP contribution in [-0.2, 0) is 10.0 Å². The molecule has 2 aromatic rings. The number of ether oxygens (including phenoxy) is 1. The second kappa shape index (κ2) is 4.99. The highest BCUT2D eigenvalue weighted by Gasteiger charge is 2.19. The van der Waals surface area contributed by atoms with E-state index < -0.39 is 10.0 Å². The molecule has 0 radical (unpaired) electrons. The highest BCUT2D eigenvalue weighted by molar-refractivity contribution is 7.89. The first-order valence-electron chi connectivity index (χ1n) is 5.57. The monoisotopic (exact) mass is 278 g/mol. The maximum Gasteiger partial charge on any atom is 0.238 e. The SMILES string of the molecule is COc1nccc(C)c1-c1ccccc1S(N)(=O)=O. The molecule has 100 valence electrons. The van der Waals surface area contributed by atoms with Crippen molar-refractivity contribution in [3.63, 3.8) is 0 Å². The predicted molar refractivity (Wildman–Crippen MR) is 72.3 cm³/mol. The van der Waals surface area contributed by atoms with E-state index >= 15 is 0 Å². The van der Waals surface area contributed by atoms with Crippen LogP contribution in [-0.4, -0.2) is 20.5 Å². The van der Waals surface area contributed by atoms with Gasteiger partial charge in [-0.15, -0.1) is 0 Å². The number of methoxy groups -OCH3 is 1. The molecule has 0 aliphatic rings. The van der Waals surface area contributed by atoms with Crippen molar-refractivity contribution in [3.8, 4) is 17.0 Å². The standard InChI is InChI=1S/C13H14N2O3S/c1-9-7-8-15-13(18-2)12(9)10-5-3-4-6-11(10)19(14,16)17/h3-8H,1-2H3,(H2,14,16,17). The summed E-state index contributed by atoms with van der Waals surface area (Å²) >= 11 is 0. The van der Waals surface area contributed by atoms with Gasteiger partial charge in [-0.1, -0.05) is 18.2 Å². The molecule has 0 aliphatic heterocycles. The lowest BCUT2D eigenvalue weighted by molar-refractivity contribution is 0.399. The van der Waals surface area contributed by atoms with E-state index in [1.165, 1.54) is 13.2 Å². The van der Waals surface area contributed by atoms with E-state index in [2.05, 4.69) is 4.98 Å². The van der Waals surface area contributed by atoms with Crippen LogP contribution in [0.5, 0.6) is 5.88 Å². The fourth-order valence-electron chi connectivity index (χ4n) is 1.94. The molecule has 0 unspecified atom stereocenters. The van der Waals surface area contributed by atoms with Crippen LogP contribution in [0.25, 0.3) is 11.1 Å². The first kappa shape index (κ1) is 13.5. The highest BCUT2D eigenvalue weighted by Crippen LogP contribution is 2.34. The summed E-state index contributed by atoms with van der Waals surface area (Å²) in [4.78, 5) is 4.16. The van der Waals surface area contributed by atoms with Gasteiger partial charge in [0.2, 0.25) is 15.9 Å². The molecule has 0 aliphatic carbocycles. The number of rotatable bonds is 3. The third kappa shape index (κ3) is 2.59. The van der Waals surface area contributed by atoms with Crippen molar-refractivity contribution in [1.82, 2.24) is 4.98 Å². The maximum atomic E-state index is 11.7. The number of benzene rings is 1. The molecule has 6 heteroatoms. The summed E-state index contributed by atoms with van der Waals surface area (Å²) in [5.74, 6) is 0.371. The van der Waals surface area contributed by atoms with Gasteiger partial charge in [0, 0.05) is 17.3 Å². The van der Waals surface area contributed by atoms with Crippen molar-refractivity contribution in [2.45, 2.75) is 11.8 Å². The first-order valence-corrected chi connectivity index (χ1v) is 7.11. The Kier molecular flexibility index (Phi) is 3.55.